The maximum Gasteiger partial charge on any atom is 0.269 e. The first-order valence-corrected chi connectivity index (χ1v) is 11.6. The Hall–Kier alpha value is -4.06. The number of amides is 1. The van der Waals surface area contributed by atoms with Crippen LogP contribution in [0.3, 0.4) is 0 Å². The Balaban J connectivity index is 1.36. The minimum Gasteiger partial charge on any atom is -0.474 e. The number of rotatable bonds is 5. The lowest BCUT2D eigenvalue weighted by Gasteiger charge is -2.32. The summed E-state index contributed by atoms with van der Waals surface area (Å²) in [5.41, 5.74) is 5.46. The number of ether oxygens (including phenoxy) is 2. The van der Waals surface area contributed by atoms with Crippen LogP contribution < -0.4 is 26.0 Å². The van der Waals surface area contributed by atoms with Gasteiger partial charge < -0.3 is 30.7 Å². The second-order valence-electron chi connectivity index (χ2n) is 9.16. The fourth-order valence-electron chi connectivity index (χ4n) is 4.12. The average molecular weight is 495 g/mol. The Morgan fingerprint density at radius 3 is 2.67 bits per heavy atom. The number of anilines is 5. The van der Waals surface area contributed by atoms with E-state index in [4.69, 9.17) is 15.2 Å². The van der Waals surface area contributed by atoms with Gasteiger partial charge in [0.2, 0.25) is 5.95 Å². The monoisotopic (exact) mass is 494 g/mol. The zero-order valence-corrected chi connectivity index (χ0v) is 20.2. The minimum absolute atomic E-state index is 0.0836. The van der Waals surface area contributed by atoms with Crippen LogP contribution in [0.2, 0.25) is 0 Å². The van der Waals surface area contributed by atoms with Gasteiger partial charge in [0, 0.05) is 20.2 Å². The van der Waals surface area contributed by atoms with E-state index in [2.05, 4.69) is 35.5 Å². The smallest absolute Gasteiger partial charge is 0.269 e. The van der Waals surface area contributed by atoms with Crippen LogP contribution in [0, 0.1) is 5.82 Å². The molecule has 4 N–H and O–H groups in total. The van der Waals surface area contributed by atoms with Crippen molar-refractivity contribution in [2.75, 3.05) is 41.5 Å². The number of aromatic nitrogens is 4. The van der Waals surface area contributed by atoms with Crippen molar-refractivity contribution in [3.8, 4) is 17.1 Å². The number of carbonyl (C=O) groups excluding carboxylic acids is 1. The molecule has 0 unspecified atom stereocenters. The van der Waals surface area contributed by atoms with Gasteiger partial charge in [0.25, 0.3) is 5.91 Å². The predicted molar refractivity (Wildman–Crippen MR) is 133 cm³/mol. The summed E-state index contributed by atoms with van der Waals surface area (Å²) in [5.74, 6) is -0.0117. The largest absolute Gasteiger partial charge is 0.474 e. The number of fused-ring (bicyclic) bond motifs is 1. The molecular formula is C24H27FN8O3. The fourth-order valence-corrected chi connectivity index (χ4v) is 4.12. The van der Waals surface area contributed by atoms with Crippen molar-refractivity contribution in [1.82, 2.24) is 19.9 Å². The third-order valence-electron chi connectivity index (χ3n) is 6.22. The van der Waals surface area contributed by atoms with Gasteiger partial charge in [0.05, 0.1) is 23.7 Å². The number of halogens is 1. The molecule has 2 aliphatic heterocycles. The van der Waals surface area contributed by atoms with Gasteiger partial charge in [0.15, 0.2) is 28.8 Å². The molecule has 3 aromatic rings. The van der Waals surface area contributed by atoms with Gasteiger partial charge in [0.1, 0.15) is 11.5 Å². The Morgan fingerprint density at radius 2 is 1.97 bits per heavy atom. The number of pyridine rings is 2. The number of nitrogens with two attached hydrogens (primary N) is 1. The summed E-state index contributed by atoms with van der Waals surface area (Å²) in [7, 11) is 1.74. The lowest BCUT2D eigenvalue weighted by molar-refractivity contribution is -0.129. The second-order valence-corrected chi connectivity index (χ2v) is 9.16. The highest BCUT2D eigenvalue weighted by atomic mass is 19.1. The number of carbonyl (C=O) groups is 1. The van der Waals surface area contributed by atoms with E-state index in [1.165, 1.54) is 0 Å². The molecule has 1 amide bonds. The first-order chi connectivity index (χ1) is 17.2. The number of methoxy groups -OCH3 is 1. The van der Waals surface area contributed by atoms with E-state index < -0.39 is 11.4 Å². The molecule has 5 heterocycles. The van der Waals surface area contributed by atoms with Gasteiger partial charge in [-0.2, -0.15) is 4.98 Å². The van der Waals surface area contributed by atoms with Gasteiger partial charge in [-0.3, -0.25) is 4.79 Å². The summed E-state index contributed by atoms with van der Waals surface area (Å²) in [4.78, 5) is 31.6. The number of hydrogen-bond acceptors (Lipinski definition) is 10. The molecule has 1 fully saturated rings. The van der Waals surface area contributed by atoms with Crippen molar-refractivity contribution in [3.63, 3.8) is 0 Å². The standard InChI is InChI=1S/C24H27FN8O3/c1-24(2)22(34)32-21-16(36-24)6-5-15(29-21)19-18(25)20(26)31-23(30-19)28-13-4-7-17(27-12-13)33-10-8-14(35-3)9-11-33/h4-7,12,14H,8-11H2,1-3H3,(H,29,32,34)(H3,26,28,30,31). The first kappa shape index (κ1) is 23.7. The van der Waals surface area contributed by atoms with Crippen molar-refractivity contribution in [1.29, 1.82) is 0 Å². The Kier molecular flexibility index (Phi) is 6.04. The molecular weight excluding hydrogens is 467 g/mol. The molecule has 12 heteroatoms. The molecule has 0 spiro atoms. The highest BCUT2D eigenvalue weighted by Gasteiger charge is 2.36. The van der Waals surface area contributed by atoms with E-state index in [0.717, 1.165) is 31.7 Å². The quantitative estimate of drug-likeness (QED) is 0.484. The lowest BCUT2D eigenvalue weighted by Crippen LogP contribution is -2.46. The van der Waals surface area contributed by atoms with E-state index in [9.17, 15) is 9.18 Å². The van der Waals surface area contributed by atoms with Crippen LogP contribution >= 0.6 is 0 Å². The summed E-state index contributed by atoms with van der Waals surface area (Å²) in [6.45, 7) is 5.03. The van der Waals surface area contributed by atoms with E-state index >= 15 is 0 Å². The molecule has 0 atom stereocenters. The zero-order valence-electron chi connectivity index (χ0n) is 20.2. The maximum absolute atomic E-state index is 14.9. The second kappa shape index (κ2) is 9.19. The van der Waals surface area contributed by atoms with Gasteiger partial charge in [-0.1, -0.05) is 0 Å². The van der Waals surface area contributed by atoms with Crippen molar-refractivity contribution < 1.29 is 18.7 Å². The van der Waals surface area contributed by atoms with E-state index in [1.54, 1.807) is 39.3 Å². The fraction of sp³-hybridized carbons (Fsp3) is 0.375. The summed E-state index contributed by atoms with van der Waals surface area (Å²) in [5, 5.41) is 5.70. The molecule has 1 saturated heterocycles. The van der Waals surface area contributed by atoms with Crippen molar-refractivity contribution >= 4 is 35.0 Å². The number of hydrogen-bond donors (Lipinski definition) is 3. The van der Waals surface area contributed by atoms with Crippen LogP contribution in [-0.4, -0.2) is 57.7 Å². The molecule has 11 nitrogen and oxygen atoms in total. The molecule has 36 heavy (non-hydrogen) atoms. The first-order valence-electron chi connectivity index (χ1n) is 11.6. The highest BCUT2D eigenvalue weighted by molar-refractivity contribution is 5.99. The summed E-state index contributed by atoms with van der Waals surface area (Å²) < 4.78 is 26.0. The van der Waals surface area contributed by atoms with Crippen molar-refractivity contribution in [3.05, 3.63) is 36.3 Å². The maximum atomic E-state index is 14.9. The van der Waals surface area contributed by atoms with Crippen molar-refractivity contribution in [2.45, 2.75) is 38.4 Å². The number of nitrogens with one attached hydrogen (secondary N) is 2. The van der Waals surface area contributed by atoms with E-state index in [-0.39, 0.29) is 41.0 Å². The Labute approximate surface area is 207 Å². The van der Waals surface area contributed by atoms with Crippen LogP contribution in [0.1, 0.15) is 26.7 Å². The summed E-state index contributed by atoms with van der Waals surface area (Å²) in [6, 6.07) is 6.89. The van der Waals surface area contributed by atoms with Crippen LogP contribution in [0.15, 0.2) is 30.5 Å². The summed E-state index contributed by atoms with van der Waals surface area (Å²) >= 11 is 0. The Bertz CT molecular complexity index is 1290. The average Bonchev–Trinajstić information content (AvgIpc) is 2.87. The molecule has 188 valence electrons. The van der Waals surface area contributed by atoms with Crippen LogP contribution in [-0.2, 0) is 9.53 Å². The SMILES string of the molecule is COC1CCN(c2ccc(Nc3nc(N)c(F)c(-c4ccc5c(n4)NC(=O)C(C)(C)O5)n3)cn2)CC1. The number of piperidine rings is 1. The minimum atomic E-state index is -1.04. The normalized spacial score (nSPS) is 17.2. The van der Waals surface area contributed by atoms with Gasteiger partial charge in [-0.25, -0.2) is 19.3 Å². The van der Waals surface area contributed by atoms with E-state index in [1.807, 2.05) is 12.1 Å². The molecule has 0 aliphatic carbocycles. The van der Waals surface area contributed by atoms with Crippen LogP contribution in [0.4, 0.5) is 33.5 Å². The molecule has 2 aliphatic rings. The van der Waals surface area contributed by atoms with Gasteiger partial charge in [-0.05, 0) is 51.0 Å². The third-order valence-corrected chi connectivity index (χ3v) is 6.22. The highest BCUT2D eigenvalue weighted by Crippen LogP contribution is 2.35. The molecule has 0 bridgehead atoms. The molecule has 0 saturated carbocycles. The molecule has 0 aromatic carbocycles. The van der Waals surface area contributed by atoms with Gasteiger partial charge in [-0.15, -0.1) is 0 Å². The number of nitrogens with zero attached hydrogens (tertiary/aromatic N) is 5. The molecule has 0 radical (unpaired) electrons. The van der Waals surface area contributed by atoms with Crippen LogP contribution in [0.25, 0.3) is 11.4 Å². The number of nitrogen functional groups attached to an aromatic ring is 1. The van der Waals surface area contributed by atoms with Crippen molar-refractivity contribution in [2.24, 2.45) is 0 Å². The van der Waals surface area contributed by atoms with Gasteiger partial charge >= 0.3 is 0 Å². The van der Waals surface area contributed by atoms with E-state index in [0.29, 0.717) is 11.4 Å². The molecule has 5 rings (SSSR count). The third kappa shape index (κ3) is 4.59. The zero-order chi connectivity index (χ0) is 25.4. The predicted octanol–water partition coefficient (Wildman–Crippen LogP) is 3.12. The summed E-state index contributed by atoms with van der Waals surface area (Å²) in [6.07, 6.45) is 3.85. The topological polar surface area (TPSA) is 140 Å². The van der Waals surface area contributed by atoms with Crippen LogP contribution in [0.5, 0.6) is 5.75 Å². The Morgan fingerprint density at radius 1 is 1.19 bits per heavy atom. The molecule has 3 aromatic heterocycles. The lowest BCUT2D eigenvalue weighted by atomic mass is 10.1.